The summed E-state index contributed by atoms with van der Waals surface area (Å²) in [4.78, 5) is 27.2. The molecule has 0 spiro atoms. The van der Waals surface area contributed by atoms with Crippen LogP contribution in [0.3, 0.4) is 0 Å². The predicted octanol–water partition coefficient (Wildman–Crippen LogP) is 3.34. The molecule has 1 N–H and O–H groups in total. The SMILES string of the molecule is CN1CCCN(c2ccc(CNC(=O)c3csc(-c4cccs4)n3)cn2)CC1. The highest BCUT2D eigenvalue weighted by atomic mass is 32.1. The molecule has 0 unspecified atom stereocenters. The lowest BCUT2D eigenvalue weighted by molar-refractivity contribution is 0.0946. The number of amides is 1. The van der Waals surface area contributed by atoms with Gasteiger partial charge in [0, 0.05) is 37.8 Å². The maximum Gasteiger partial charge on any atom is 0.271 e. The molecule has 1 aliphatic rings. The fourth-order valence-corrected chi connectivity index (χ4v) is 4.76. The van der Waals surface area contributed by atoms with Gasteiger partial charge in [-0.1, -0.05) is 12.1 Å². The van der Waals surface area contributed by atoms with Crippen molar-refractivity contribution in [1.29, 1.82) is 0 Å². The van der Waals surface area contributed by atoms with Crippen LogP contribution in [-0.4, -0.2) is 54.0 Å². The van der Waals surface area contributed by atoms with Gasteiger partial charge in [-0.2, -0.15) is 0 Å². The third-order valence-electron chi connectivity index (χ3n) is 4.77. The van der Waals surface area contributed by atoms with Crippen LogP contribution >= 0.6 is 22.7 Å². The number of rotatable bonds is 5. The van der Waals surface area contributed by atoms with Gasteiger partial charge in [-0.25, -0.2) is 9.97 Å². The first-order valence-corrected chi connectivity index (χ1v) is 11.1. The molecule has 1 amide bonds. The van der Waals surface area contributed by atoms with Gasteiger partial charge in [-0.3, -0.25) is 4.79 Å². The van der Waals surface area contributed by atoms with Crippen LogP contribution in [0.4, 0.5) is 5.82 Å². The van der Waals surface area contributed by atoms with Gasteiger partial charge in [-0.15, -0.1) is 22.7 Å². The normalized spacial score (nSPS) is 15.4. The highest BCUT2D eigenvalue weighted by molar-refractivity contribution is 7.20. The molecule has 0 aliphatic carbocycles. The average molecular weight is 414 g/mol. The summed E-state index contributed by atoms with van der Waals surface area (Å²) in [6.45, 7) is 4.66. The summed E-state index contributed by atoms with van der Waals surface area (Å²) in [6, 6.07) is 8.09. The second-order valence-corrected chi connectivity index (χ2v) is 8.67. The second kappa shape index (κ2) is 8.81. The van der Waals surface area contributed by atoms with Gasteiger partial charge >= 0.3 is 0 Å². The van der Waals surface area contributed by atoms with Crippen molar-refractivity contribution in [2.75, 3.05) is 38.1 Å². The van der Waals surface area contributed by atoms with E-state index in [2.05, 4.69) is 32.1 Å². The molecule has 4 heterocycles. The Hall–Kier alpha value is -2.29. The first kappa shape index (κ1) is 19.0. The van der Waals surface area contributed by atoms with E-state index in [-0.39, 0.29) is 5.91 Å². The molecule has 0 atom stereocenters. The molecule has 8 heteroatoms. The van der Waals surface area contributed by atoms with Crippen LogP contribution in [0.2, 0.25) is 0 Å². The molecule has 146 valence electrons. The number of thiazole rings is 1. The third kappa shape index (κ3) is 4.57. The number of thiophene rings is 1. The fourth-order valence-electron chi connectivity index (χ4n) is 3.15. The molecule has 1 saturated heterocycles. The van der Waals surface area contributed by atoms with Crippen molar-refractivity contribution in [3.8, 4) is 9.88 Å². The second-order valence-electron chi connectivity index (χ2n) is 6.87. The maximum atomic E-state index is 12.4. The number of carbonyl (C=O) groups excluding carboxylic acids is 1. The number of likely N-dealkylation sites (N-methyl/N-ethyl adjacent to an activating group) is 1. The van der Waals surface area contributed by atoms with Crippen LogP contribution in [0.5, 0.6) is 0 Å². The molecule has 4 rings (SSSR count). The summed E-state index contributed by atoms with van der Waals surface area (Å²) >= 11 is 3.12. The molecule has 3 aromatic heterocycles. The molecule has 1 fully saturated rings. The molecule has 0 aromatic carbocycles. The van der Waals surface area contributed by atoms with Crippen molar-refractivity contribution in [1.82, 2.24) is 20.2 Å². The van der Waals surface area contributed by atoms with E-state index in [0.29, 0.717) is 12.2 Å². The summed E-state index contributed by atoms with van der Waals surface area (Å²) in [5, 5.41) is 7.64. The van der Waals surface area contributed by atoms with Gasteiger partial charge in [0.15, 0.2) is 0 Å². The van der Waals surface area contributed by atoms with Crippen molar-refractivity contribution >= 4 is 34.4 Å². The van der Waals surface area contributed by atoms with E-state index in [0.717, 1.165) is 53.9 Å². The molecule has 3 aromatic rings. The average Bonchev–Trinajstić information content (AvgIpc) is 3.37. The van der Waals surface area contributed by atoms with Crippen LogP contribution in [0.15, 0.2) is 41.2 Å². The Labute approximate surface area is 172 Å². The van der Waals surface area contributed by atoms with Crippen molar-refractivity contribution in [2.24, 2.45) is 0 Å². The monoisotopic (exact) mass is 413 g/mol. The van der Waals surface area contributed by atoms with Gasteiger partial charge in [0.05, 0.1) is 4.88 Å². The summed E-state index contributed by atoms with van der Waals surface area (Å²) < 4.78 is 0. The molecule has 1 aliphatic heterocycles. The van der Waals surface area contributed by atoms with Gasteiger partial charge < -0.3 is 15.1 Å². The number of nitrogens with zero attached hydrogens (tertiary/aromatic N) is 4. The van der Waals surface area contributed by atoms with E-state index in [1.54, 1.807) is 11.3 Å². The number of nitrogens with one attached hydrogen (secondary N) is 1. The minimum atomic E-state index is -0.154. The summed E-state index contributed by atoms with van der Waals surface area (Å²) in [5.74, 6) is 0.851. The summed E-state index contributed by atoms with van der Waals surface area (Å²) in [7, 11) is 2.16. The van der Waals surface area contributed by atoms with E-state index >= 15 is 0 Å². The van der Waals surface area contributed by atoms with E-state index in [4.69, 9.17) is 0 Å². The zero-order chi connectivity index (χ0) is 19.3. The molecule has 0 radical (unpaired) electrons. The van der Waals surface area contributed by atoms with Gasteiger partial charge in [-0.05, 0) is 43.1 Å². The van der Waals surface area contributed by atoms with Crippen molar-refractivity contribution in [2.45, 2.75) is 13.0 Å². The number of carbonyl (C=O) groups is 1. The Balaban J connectivity index is 1.33. The van der Waals surface area contributed by atoms with Crippen LogP contribution in [-0.2, 0) is 6.54 Å². The predicted molar refractivity (Wildman–Crippen MR) is 115 cm³/mol. The molecule has 0 saturated carbocycles. The Kier molecular flexibility index (Phi) is 5.99. The van der Waals surface area contributed by atoms with Crippen LogP contribution in [0.1, 0.15) is 22.5 Å². The lowest BCUT2D eigenvalue weighted by Crippen LogP contribution is -2.29. The van der Waals surface area contributed by atoms with Crippen LogP contribution in [0, 0.1) is 0 Å². The quantitative estimate of drug-likeness (QED) is 0.695. The molecule has 0 bridgehead atoms. The Bertz CT molecular complexity index is 907. The zero-order valence-electron chi connectivity index (χ0n) is 15.8. The molecular formula is C20H23N5OS2. The van der Waals surface area contributed by atoms with Gasteiger partial charge in [0.1, 0.15) is 16.5 Å². The lowest BCUT2D eigenvalue weighted by atomic mass is 10.2. The number of pyridine rings is 1. The lowest BCUT2D eigenvalue weighted by Gasteiger charge is -2.21. The topological polar surface area (TPSA) is 61.4 Å². The standard InChI is InChI=1S/C20H23N5OS2/c1-24-7-3-8-25(10-9-24)18-6-5-15(12-21-18)13-22-19(26)16-14-28-20(23-16)17-4-2-11-27-17/h2,4-6,11-12,14H,3,7-10,13H2,1H3,(H,22,26). The number of aromatic nitrogens is 2. The smallest absolute Gasteiger partial charge is 0.271 e. The minimum absolute atomic E-state index is 0.154. The Morgan fingerprint density at radius 2 is 2.11 bits per heavy atom. The van der Waals surface area contributed by atoms with Crippen molar-refractivity contribution in [3.63, 3.8) is 0 Å². The number of anilines is 1. The first-order valence-electron chi connectivity index (χ1n) is 9.35. The Morgan fingerprint density at radius 3 is 2.89 bits per heavy atom. The largest absolute Gasteiger partial charge is 0.355 e. The van der Waals surface area contributed by atoms with Crippen LogP contribution in [0.25, 0.3) is 9.88 Å². The van der Waals surface area contributed by atoms with E-state index < -0.39 is 0 Å². The minimum Gasteiger partial charge on any atom is -0.355 e. The summed E-state index contributed by atoms with van der Waals surface area (Å²) in [6.07, 6.45) is 3.00. The maximum absolute atomic E-state index is 12.4. The highest BCUT2D eigenvalue weighted by Gasteiger charge is 2.14. The van der Waals surface area contributed by atoms with E-state index in [9.17, 15) is 4.79 Å². The van der Waals surface area contributed by atoms with Crippen molar-refractivity contribution < 1.29 is 4.79 Å². The zero-order valence-corrected chi connectivity index (χ0v) is 17.4. The third-order valence-corrected chi connectivity index (χ3v) is 6.66. The molecule has 6 nitrogen and oxygen atoms in total. The molecular weight excluding hydrogens is 390 g/mol. The van der Waals surface area contributed by atoms with Gasteiger partial charge in [0.2, 0.25) is 0 Å². The number of hydrogen-bond acceptors (Lipinski definition) is 7. The van der Waals surface area contributed by atoms with Gasteiger partial charge in [0.25, 0.3) is 5.91 Å². The molecule has 28 heavy (non-hydrogen) atoms. The highest BCUT2D eigenvalue weighted by Crippen LogP contribution is 2.27. The first-order chi connectivity index (χ1) is 13.7. The van der Waals surface area contributed by atoms with E-state index in [1.165, 1.54) is 11.3 Å². The van der Waals surface area contributed by atoms with Crippen molar-refractivity contribution in [3.05, 3.63) is 52.5 Å². The number of hydrogen-bond donors (Lipinski definition) is 1. The van der Waals surface area contributed by atoms with Crippen LogP contribution < -0.4 is 10.2 Å². The van der Waals surface area contributed by atoms with E-state index in [1.807, 2.05) is 41.2 Å². The fraction of sp³-hybridized carbons (Fsp3) is 0.350. The Morgan fingerprint density at radius 1 is 1.18 bits per heavy atom. The summed E-state index contributed by atoms with van der Waals surface area (Å²) in [5.41, 5.74) is 1.45.